The van der Waals surface area contributed by atoms with E-state index in [0.717, 1.165) is 12.1 Å². The van der Waals surface area contributed by atoms with E-state index in [1.807, 2.05) is 0 Å². The van der Waals surface area contributed by atoms with Crippen LogP contribution in [-0.4, -0.2) is 16.0 Å². The van der Waals surface area contributed by atoms with Gasteiger partial charge in [-0.2, -0.15) is 0 Å². The number of carbonyl (C=O) groups is 1. The minimum absolute atomic E-state index is 0.0848. The average Bonchev–Trinajstić information content (AvgIpc) is 2.42. The van der Waals surface area contributed by atoms with Gasteiger partial charge in [-0.1, -0.05) is 6.07 Å². The van der Waals surface area contributed by atoms with E-state index in [0.29, 0.717) is 11.3 Å². The van der Waals surface area contributed by atoms with E-state index < -0.39 is 22.4 Å². The van der Waals surface area contributed by atoms with Gasteiger partial charge in [0, 0.05) is 5.69 Å². The first kappa shape index (κ1) is 14.4. The molecule has 7 heteroatoms. The second-order valence-corrected chi connectivity index (χ2v) is 4.38. The van der Waals surface area contributed by atoms with Crippen molar-refractivity contribution < 1.29 is 19.2 Å². The maximum atomic E-state index is 13.1. The highest BCUT2D eigenvalue weighted by molar-refractivity contribution is 5.91. The van der Waals surface area contributed by atoms with Crippen LogP contribution in [-0.2, 0) is 0 Å². The Bertz CT molecular complexity index is 731. The number of hydrogen-bond donors (Lipinski definition) is 2. The number of hydrogen-bond acceptors (Lipinski definition) is 4. The molecule has 0 aliphatic rings. The largest absolute Gasteiger partial charge is 0.478 e. The Morgan fingerprint density at radius 2 is 2.00 bits per heavy atom. The number of nitrogens with one attached hydrogen (secondary N) is 1. The fraction of sp³-hybridized carbons (Fsp3) is 0.0714. The summed E-state index contributed by atoms with van der Waals surface area (Å²) >= 11 is 0. The van der Waals surface area contributed by atoms with Crippen LogP contribution in [0.15, 0.2) is 36.4 Å². The molecule has 2 N–H and O–H groups in total. The van der Waals surface area contributed by atoms with Crippen molar-refractivity contribution in [1.82, 2.24) is 0 Å². The molecule has 0 fully saturated rings. The molecule has 0 atom stereocenters. The number of nitro groups is 1. The molecule has 0 amide bonds. The second kappa shape index (κ2) is 5.58. The summed E-state index contributed by atoms with van der Waals surface area (Å²) in [6, 6.07) is 7.66. The molecule has 0 bridgehead atoms. The van der Waals surface area contributed by atoms with Crippen LogP contribution < -0.4 is 5.32 Å². The Kier molecular flexibility index (Phi) is 3.84. The van der Waals surface area contributed by atoms with Crippen LogP contribution in [0.4, 0.5) is 21.5 Å². The molecule has 0 spiro atoms. The zero-order valence-electron chi connectivity index (χ0n) is 11.0. The van der Waals surface area contributed by atoms with E-state index in [1.54, 1.807) is 19.1 Å². The lowest BCUT2D eigenvalue weighted by Gasteiger charge is -2.09. The first-order chi connectivity index (χ1) is 9.88. The van der Waals surface area contributed by atoms with Crippen molar-refractivity contribution in [3.63, 3.8) is 0 Å². The van der Waals surface area contributed by atoms with Gasteiger partial charge >= 0.3 is 5.97 Å². The standard InChI is InChI=1S/C14H11FN2O4/c1-8-2-4-10(7-11(8)14(18)19)16-12-5-3-9(15)6-13(12)17(20)21/h2-7,16H,1H3,(H,18,19). The van der Waals surface area contributed by atoms with Gasteiger partial charge in [-0.15, -0.1) is 0 Å². The molecule has 0 radical (unpaired) electrons. The number of carboxylic acid groups (broad SMARTS) is 1. The van der Waals surface area contributed by atoms with E-state index in [-0.39, 0.29) is 11.3 Å². The summed E-state index contributed by atoms with van der Waals surface area (Å²) in [5.41, 5.74) is 0.688. The molecule has 0 aromatic heterocycles. The van der Waals surface area contributed by atoms with Crippen LogP contribution in [0.25, 0.3) is 0 Å². The molecule has 6 nitrogen and oxygen atoms in total. The van der Waals surface area contributed by atoms with Crippen molar-refractivity contribution in [1.29, 1.82) is 0 Å². The van der Waals surface area contributed by atoms with Crippen molar-refractivity contribution in [3.05, 3.63) is 63.5 Å². The molecule has 0 saturated heterocycles. The zero-order chi connectivity index (χ0) is 15.6. The van der Waals surface area contributed by atoms with Crippen molar-refractivity contribution in [2.45, 2.75) is 6.92 Å². The Hall–Kier alpha value is -2.96. The van der Waals surface area contributed by atoms with E-state index in [4.69, 9.17) is 5.11 Å². The summed E-state index contributed by atoms with van der Waals surface area (Å²) in [4.78, 5) is 21.2. The number of aryl methyl sites for hydroxylation is 1. The molecule has 0 heterocycles. The average molecular weight is 290 g/mol. The first-order valence-corrected chi connectivity index (χ1v) is 5.93. The highest BCUT2D eigenvalue weighted by atomic mass is 19.1. The predicted molar refractivity (Wildman–Crippen MR) is 74.5 cm³/mol. The first-order valence-electron chi connectivity index (χ1n) is 5.93. The number of nitrogens with zero attached hydrogens (tertiary/aromatic N) is 1. The van der Waals surface area contributed by atoms with Gasteiger partial charge in [0.2, 0.25) is 0 Å². The number of nitro benzene ring substituents is 1. The lowest BCUT2D eigenvalue weighted by molar-refractivity contribution is -0.384. The van der Waals surface area contributed by atoms with Crippen molar-refractivity contribution in [2.75, 3.05) is 5.32 Å². The Balaban J connectivity index is 2.41. The molecule has 108 valence electrons. The molecule has 2 aromatic carbocycles. The summed E-state index contributed by atoms with van der Waals surface area (Å²) in [7, 11) is 0. The Labute approximate surface area is 119 Å². The Morgan fingerprint density at radius 3 is 2.62 bits per heavy atom. The molecular formula is C14H11FN2O4. The van der Waals surface area contributed by atoms with Gasteiger partial charge in [-0.05, 0) is 36.8 Å². The van der Waals surface area contributed by atoms with Gasteiger partial charge in [0.05, 0.1) is 16.6 Å². The van der Waals surface area contributed by atoms with Gasteiger partial charge in [0.15, 0.2) is 0 Å². The number of rotatable bonds is 4. The summed E-state index contributed by atoms with van der Waals surface area (Å²) in [6.45, 7) is 1.65. The van der Waals surface area contributed by atoms with Gasteiger partial charge in [0.1, 0.15) is 11.5 Å². The molecule has 0 aliphatic carbocycles. The van der Waals surface area contributed by atoms with Crippen LogP contribution in [0.5, 0.6) is 0 Å². The topological polar surface area (TPSA) is 92.5 Å². The van der Waals surface area contributed by atoms with E-state index in [2.05, 4.69) is 5.32 Å². The quantitative estimate of drug-likeness (QED) is 0.664. The van der Waals surface area contributed by atoms with Gasteiger partial charge in [-0.25, -0.2) is 9.18 Å². The smallest absolute Gasteiger partial charge is 0.336 e. The number of benzene rings is 2. The normalized spacial score (nSPS) is 10.2. The molecule has 0 aliphatic heterocycles. The molecule has 0 unspecified atom stereocenters. The number of halogens is 1. The van der Waals surface area contributed by atoms with E-state index >= 15 is 0 Å². The van der Waals surface area contributed by atoms with Crippen LogP contribution in [0.1, 0.15) is 15.9 Å². The summed E-state index contributed by atoms with van der Waals surface area (Å²) in [6.07, 6.45) is 0. The molecule has 0 saturated carbocycles. The maximum Gasteiger partial charge on any atom is 0.336 e. The highest BCUT2D eigenvalue weighted by Crippen LogP contribution is 2.29. The van der Waals surface area contributed by atoms with Crippen LogP contribution in [0.3, 0.4) is 0 Å². The minimum atomic E-state index is -1.09. The highest BCUT2D eigenvalue weighted by Gasteiger charge is 2.16. The monoisotopic (exact) mass is 290 g/mol. The van der Waals surface area contributed by atoms with Crippen molar-refractivity contribution >= 4 is 23.0 Å². The van der Waals surface area contributed by atoms with E-state index in [9.17, 15) is 19.3 Å². The predicted octanol–water partition coefficient (Wildman–Crippen LogP) is 3.48. The number of carboxylic acids is 1. The summed E-state index contributed by atoms with van der Waals surface area (Å²) in [5.74, 6) is -1.81. The van der Waals surface area contributed by atoms with Gasteiger partial charge in [-0.3, -0.25) is 10.1 Å². The minimum Gasteiger partial charge on any atom is -0.478 e. The third kappa shape index (κ3) is 3.14. The van der Waals surface area contributed by atoms with Gasteiger partial charge in [0.25, 0.3) is 5.69 Å². The lowest BCUT2D eigenvalue weighted by atomic mass is 10.1. The Morgan fingerprint density at radius 1 is 1.29 bits per heavy atom. The van der Waals surface area contributed by atoms with Gasteiger partial charge < -0.3 is 10.4 Å². The number of aromatic carboxylic acids is 1. The van der Waals surface area contributed by atoms with Crippen molar-refractivity contribution in [2.24, 2.45) is 0 Å². The lowest BCUT2D eigenvalue weighted by Crippen LogP contribution is -2.02. The van der Waals surface area contributed by atoms with E-state index in [1.165, 1.54) is 12.1 Å². The third-order valence-corrected chi connectivity index (χ3v) is 2.90. The van der Waals surface area contributed by atoms with Crippen molar-refractivity contribution in [3.8, 4) is 0 Å². The molecule has 21 heavy (non-hydrogen) atoms. The molecule has 2 aromatic rings. The van der Waals surface area contributed by atoms with Crippen LogP contribution in [0, 0.1) is 22.9 Å². The zero-order valence-corrected chi connectivity index (χ0v) is 11.0. The fourth-order valence-electron chi connectivity index (χ4n) is 1.85. The SMILES string of the molecule is Cc1ccc(Nc2ccc(F)cc2[N+](=O)[O-])cc1C(=O)O. The van der Waals surface area contributed by atoms with Crippen LogP contribution in [0.2, 0.25) is 0 Å². The number of anilines is 2. The fourth-order valence-corrected chi connectivity index (χ4v) is 1.85. The van der Waals surface area contributed by atoms with Crippen LogP contribution >= 0.6 is 0 Å². The summed E-state index contributed by atoms with van der Waals surface area (Å²) < 4.78 is 13.1. The molecule has 2 rings (SSSR count). The second-order valence-electron chi connectivity index (χ2n) is 4.38. The maximum absolute atomic E-state index is 13.1. The molecular weight excluding hydrogens is 279 g/mol. The third-order valence-electron chi connectivity index (χ3n) is 2.90. The summed E-state index contributed by atoms with van der Waals surface area (Å²) in [5, 5.41) is 22.7.